The Kier molecular flexibility index (Phi) is 4.26. The molecule has 1 unspecified atom stereocenters. The molecule has 0 aromatic heterocycles. The second kappa shape index (κ2) is 5.77. The molecule has 0 aliphatic heterocycles. The summed E-state index contributed by atoms with van der Waals surface area (Å²) in [5.41, 5.74) is 8.76. The lowest BCUT2D eigenvalue weighted by Gasteiger charge is -2.14. The van der Waals surface area contributed by atoms with Gasteiger partial charge < -0.3 is 5.73 Å². The standard InChI is InChI=1S/C16H19NO2S/c1-12-7-9-14(10-8-12)15(17)11-20(18,19)16-6-4-3-5-13(16)2/h3-10,15H,11,17H2,1-2H3. The van der Waals surface area contributed by atoms with Gasteiger partial charge in [-0.05, 0) is 31.0 Å². The normalized spacial score (nSPS) is 13.2. The molecule has 20 heavy (non-hydrogen) atoms. The number of hydrogen-bond donors (Lipinski definition) is 1. The van der Waals surface area contributed by atoms with Crippen molar-refractivity contribution in [1.82, 2.24) is 0 Å². The molecule has 2 N–H and O–H groups in total. The van der Waals surface area contributed by atoms with Gasteiger partial charge in [0.15, 0.2) is 9.84 Å². The van der Waals surface area contributed by atoms with Crippen molar-refractivity contribution in [2.45, 2.75) is 24.8 Å². The van der Waals surface area contributed by atoms with E-state index >= 15 is 0 Å². The fourth-order valence-electron chi connectivity index (χ4n) is 2.14. The lowest BCUT2D eigenvalue weighted by Crippen LogP contribution is -2.22. The summed E-state index contributed by atoms with van der Waals surface area (Å²) >= 11 is 0. The topological polar surface area (TPSA) is 60.2 Å². The minimum Gasteiger partial charge on any atom is -0.323 e. The molecule has 2 aromatic rings. The lowest BCUT2D eigenvalue weighted by molar-refractivity contribution is 0.588. The molecule has 0 aliphatic carbocycles. The zero-order valence-corrected chi connectivity index (χ0v) is 12.5. The fraction of sp³-hybridized carbons (Fsp3) is 0.250. The Labute approximate surface area is 120 Å². The zero-order valence-electron chi connectivity index (χ0n) is 11.7. The molecular formula is C16H19NO2S. The van der Waals surface area contributed by atoms with Crippen LogP contribution in [0.5, 0.6) is 0 Å². The van der Waals surface area contributed by atoms with Crippen molar-refractivity contribution >= 4 is 9.84 Å². The van der Waals surface area contributed by atoms with Crippen molar-refractivity contribution in [3.63, 3.8) is 0 Å². The third-order valence-corrected chi connectivity index (χ3v) is 5.26. The molecule has 3 nitrogen and oxygen atoms in total. The van der Waals surface area contributed by atoms with Crippen molar-refractivity contribution in [2.24, 2.45) is 5.73 Å². The van der Waals surface area contributed by atoms with E-state index in [0.29, 0.717) is 4.90 Å². The van der Waals surface area contributed by atoms with Gasteiger partial charge in [-0.2, -0.15) is 0 Å². The minimum absolute atomic E-state index is 0.0824. The van der Waals surface area contributed by atoms with E-state index in [2.05, 4.69) is 0 Å². The summed E-state index contributed by atoms with van der Waals surface area (Å²) in [7, 11) is -3.37. The van der Waals surface area contributed by atoms with Crippen LogP contribution < -0.4 is 5.73 Å². The number of sulfone groups is 1. The summed E-state index contributed by atoms with van der Waals surface area (Å²) in [6.07, 6.45) is 0. The molecule has 0 amide bonds. The van der Waals surface area contributed by atoms with Crippen LogP contribution >= 0.6 is 0 Å². The number of benzene rings is 2. The van der Waals surface area contributed by atoms with Crippen LogP contribution in [0.15, 0.2) is 53.4 Å². The zero-order chi connectivity index (χ0) is 14.8. The van der Waals surface area contributed by atoms with E-state index in [1.807, 2.05) is 37.3 Å². The van der Waals surface area contributed by atoms with Gasteiger partial charge in [0.2, 0.25) is 0 Å². The Hall–Kier alpha value is -1.65. The Morgan fingerprint density at radius 1 is 1.00 bits per heavy atom. The predicted molar refractivity (Wildman–Crippen MR) is 81.3 cm³/mol. The van der Waals surface area contributed by atoms with E-state index in [4.69, 9.17) is 5.73 Å². The molecule has 0 spiro atoms. The molecule has 0 aliphatic rings. The smallest absolute Gasteiger partial charge is 0.180 e. The monoisotopic (exact) mass is 289 g/mol. The fourth-order valence-corrected chi connectivity index (χ4v) is 3.83. The van der Waals surface area contributed by atoms with Crippen molar-refractivity contribution < 1.29 is 8.42 Å². The van der Waals surface area contributed by atoms with Crippen molar-refractivity contribution in [3.05, 3.63) is 65.2 Å². The molecule has 0 saturated carbocycles. The van der Waals surface area contributed by atoms with Gasteiger partial charge in [-0.3, -0.25) is 0 Å². The van der Waals surface area contributed by atoms with Gasteiger partial charge in [0.05, 0.1) is 10.6 Å². The molecular weight excluding hydrogens is 270 g/mol. The van der Waals surface area contributed by atoms with Crippen LogP contribution in [0, 0.1) is 13.8 Å². The van der Waals surface area contributed by atoms with Crippen LogP contribution in [0.2, 0.25) is 0 Å². The highest BCUT2D eigenvalue weighted by Gasteiger charge is 2.21. The van der Waals surface area contributed by atoms with E-state index in [1.54, 1.807) is 25.1 Å². The molecule has 106 valence electrons. The molecule has 1 atom stereocenters. The maximum atomic E-state index is 12.4. The molecule has 4 heteroatoms. The SMILES string of the molecule is Cc1ccc(C(N)CS(=O)(=O)c2ccccc2C)cc1. The van der Waals surface area contributed by atoms with Crippen molar-refractivity contribution in [2.75, 3.05) is 5.75 Å². The Balaban J connectivity index is 2.24. The average Bonchev–Trinajstić information content (AvgIpc) is 2.39. The highest BCUT2D eigenvalue weighted by Crippen LogP contribution is 2.21. The average molecular weight is 289 g/mol. The third-order valence-electron chi connectivity index (χ3n) is 3.33. The van der Waals surface area contributed by atoms with E-state index in [-0.39, 0.29) is 5.75 Å². The van der Waals surface area contributed by atoms with Gasteiger partial charge in [0.1, 0.15) is 0 Å². The van der Waals surface area contributed by atoms with Gasteiger partial charge in [-0.1, -0.05) is 48.0 Å². The number of hydrogen-bond acceptors (Lipinski definition) is 3. The molecule has 0 heterocycles. The van der Waals surface area contributed by atoms with Crippen LogP contribution in [0.1, 0.15) is 22.7 Å². The first-order valence-corrected chi connectivity index (χ1v) is 8.16. The lowest BCUT2D eigenvalue weighted by atomic mass is 10.1. The van der Waals surface area contributed by atoms with Crippen LogP contribution in [0.3, 0.4) is 0 Å². The van der Waals surface area contributed by atoms with Gasteiger partial charge >= 0.3 is 0 Å². The second-order valence-corrected chi connectivity index (χ2v) is 7.07. The first-order valence-electron chi connectivity index (χ1n) is 6.51. The summed E-state index contributed by atoms with van der Waals surface area (Å²) < 4.78 is 24.8. The Morgan fingerprint density at radius 2 is 1.60 bits per heavy atom. The summed E-state index contributed by atoms with van der Waals surface area (Å²) in [5, 5.41) is 0. The van der Waals surface area contributed by atoms with Crippen LogP contribution in [0.25, 0.3) is 0 Å². The number of aryl methyl sites for hydroxylation is 2. The maximum absolute atomic E-state index is 12.4. The van der Waals surface area contributed by atoms with Gasteiger partial charge in [0, 0.05) is 6.04 Å². The van der Waals surface area contributed by atoms with E-state index < -0.39 is 15.9 Å². The first-order chi connectivity index (χ1) is 9.40. The van der Waals surface area contributed by atoms with Crippen molar-refractivity contribution in [1.29, 1.82) is 0 Å². The largest absolute Gasteiger partial charge is 0.323 e. The third kappa shape index (κ3) is 3.26. The van der Waals surface area contributed by atoms with Crippen LogP contribution in [-0.4, -0.2) is 14.2 Å². The molecule has 0 saturated heterocycles. The maximum Gasteiger partial charge on any atom is 0.180 e. The quantitative estimate of drug-likeness (QED) is 0.941. The summed E-state index contributed by atoms with van der Waals surface area (Å²) in [4.78, 5) is 0.363. The van der Waals surface area contributed by atoms with E-state index in [0.717, 1.165) is 16.7 Å². The van der Waals surface area contributed by atoms with Crippen molar-refractivity contribution in [3.8, 4) is 0 Å². The highest BCUT2D eigenvalue weighted by atomic mass is 32.2. The summed E-state index contributed by atoms with van der Waals surface area (Å²) in [5.74, 6) is -0.0824. The second-order valence-electron chi connectivity index (χ2n) is 5.06. The molecule has 0 bridgehead atoms. The van der Waals surface area contributed by atoms with Gasteiger partial charge in [-0.15, -0.1) is 0 Å². The highest BCUT2D eigenvalue weighted by molar-refractivity contribution is 7.91. The summed E-state index contributed by atoms with van der Waals surface area (Å²) in [6.45, 7) is 3.78. The molecule has 0 radical (unpaired) electrons. The van der Waals surface area contributed by atoms with Crippen LogP contribution in [-0.2, 0) is 9.84 Å². The number of nitrogens with two attached hydrogens (primary N) is 1. The molecule has 2 rings (SSSR count). The number of rotatable bonds is 4. The Morgan fingerprint density at radius 3 is 2.20 bits per heavy atom. The predicted octanol–water partition coefficient (Wildman–Crippen LogP) is 2.78. The summed E-state index contributed by atoms with van der Waals surface area (Å²) in [6, 6.07) is 14.1. The molecule has 0 fully saturated rings. The first kappa shape index (κ1) is 14.8. The minimum atomic E-state index is -3.37. The Bertz CT molecular complexity index is 691. The van der Waals surface area contributed by atoms with Gasteiger partial charge in [-0.25, -0.2) is 8.42 Å². The van der Waals surface area contributed by atoms with Crippen LogP contribution in [0.4, 0.5) is 0 Å². The van der Waals surface area contributed by atoms with E-state index in [9.17, 15) is 8.42 Å². The van der Waals surface area contributed by atoms with Gasteiger partial charge in [0.25, 0.3) is 0 Å². The molecule has 2 aromatic carbocycles. The van der Waals surface area contributed by atoms with E-state index in [1.165, 1.54) is 0 Å².